The van der Waals surface area contributed by atoms with E-state index in [1.165, 1.54) is 11.1 Å². The molecule has 4 nitrogen and oxygen atoms in total. The van der Waals surface area contributed by atoms with Gasteiger partial charge in [-0.15, -0.1) is 0 Å². The van der Waals surface area contributed by atoms with Gasteiger partial charge in [-0.05, 0) is 42.7 Å². The van der Waals surface area contributed by atoms with Gasteiger partial charge in [0.25, 0.3) is 0 Å². The fraction of sp³-hybridized carbons (Fsp3) is 0.269. The van der Waals surface area contributed by atoms with Gasteiger partial charge in [0.15, 0.2) is 11.5 Å². The van der Waals surface area contributed by atoms with E-state index in [4.69, 9.17) is 9.47 Å². The lowest BCUT2D eigenvalue weighted by atomic mass is 9.83. The number of ether oxygens (including phenoxy) is 2. The van der Waals surface area contributed by atoms with Crippen LogP contribution in [0.25, 0.3) is 0 Å². The molecular formula is C26H27NO3. The van der Waals surface area contributed by atoms with Crippen molar-refractivity contribution in [2.24, 2.45) is 0 Å². The van der Waals surface area contributed by atoms with Gasteiger partial charge < -0.3 is 14.8 Å². The van der Waals surface area contributed by atoms with E-state index < -0.39 is 5.41 Å². The maximum Gasteiger partial charge on any atom is 0.230 e. The largest absolute Gasteiger partial charge is 0.486 e. The van der Waals surface area contributed by atoms with Crippen molar-refractivity contribution in [3.8, 4) is 11.5 Å². The molecule has 0 fully saturated rings. The molecule has 3 aromatic carbocycles. The molecule has 4 heteroatoms. The molecule has 1 aliphatic heterocycles. The van der Waals surface area contributed by atoms with Crippen LogP contribution in [-0.4, -0.2) is 25.7 Å². The quantitative estimate of drug-likeness (QED) is 0.652. The normalized spacial score (nSPS) is 13.2. The Morgan fingerprint density at radius 1 is 0.867 bits per heavy atom. The van der Waals surface area contributed by atoms with Crippen molar-refractivity contribution in [3.05, 3.63) is 95.6 Å². The summed E-state index contributed by atoms with van der Waals surface area (Å²) in [5, 5.41) is 3.19. The number of carbonyl (C=O) groups excluding carboxylic acids is 1. The number of fused-ring (bicyclic) bond motifs is 1. The third-order valence-electron chi connectivity index (χ3n) is 5.70. The summed E-state index contributed by atoms with van der Waals surface area (Å²) in [4.78, 5) is 13.2. The Hall–Kier alpha value is -3.27. The number of nitrogens with one attached hydrogen (secondary N) is 1. The van der Waals surface area contributed by atoms with E-state index in [1.807, 2.05) is 68.4 Å². The molecule has 154 valence electrons. The third-order valence-corrected chi connectivity index (χ3v) is 5.70. The van der Waals surface area contributed by atoms with Gasteiger partial charge in [0.05, 0.1) is 5.41 Å². The van der Waals surface area contributed by atoms with E-state index in [-0.39, 0.29) is 11.8 Å². The Morgan fingerprint density at radius 3 is 2.03 bits per heavy atom. The second-order valence-corrected chi connectivity index (χ2v) is 8.07. The number of carbonyl (C=O) groups is 1. The molecule has 4 rings (SSSR count). The van der Waals surface area contributed by atoms with Crippen molar-refractivity contribution in [2.45, 2.75) is 25.2 Å². The smallest absolute Gasteiger partial charge is 0.230 e. The minimum Gasteiger partial charge on any atom is -0.486 e. The van der Waals surface area contributed by atoms with E-state index >= 15 is 0 Å². The van der Waals surface area contributed by atoms with E-state index in [2.05, 4.69) is 29.6 Å². The van der Waals surface area contributed by atoms with Crippen LogP contribution in [0.15, 0.2) is 78.9 Å². The number of amides is 1. The maximum absolute atomic E-state index is 13.2. The molecule has 0 unspecified atom stereocenters. The van der Waals surface area contributed by atoms with Gasteiger partial charge in [0, 0.05) is 12.5 Å². The van der Waals surface area contributed by atoms with Crippen LogP contribution < -0.4 is 14.8 Å². The molecule has 30 heavy (non-hydrogen) atoms. The molecule has 1 aliphatic rings. The maximum atomic E-state index is 13.2. The van der Waals surface area contributed by atoms with E-state index in [9.17, 15) is 4.79 Å². The summed E-state index contributed by atoms with van der Waals surface area (Å²) in [6.45, 7) is 5.48. The molecule has 1 amide bonds. The second kappa shape index (κ2) is 8.62. The molecule has 1 heterocycles. The van der Waals surface area contributed by atoms with E-state index in [0.29, 0.717) is 25.5 Å². The lowest BCUT2D eigenvalue weighted by molar-refractivity contribution is -0.125. The monoisotopic (exact) mass is 401 g/mol. The summed E-state index contributed by atoms with van der Waals surface area (Å²) < 4.78 is 11.3. The van der Waals surface area contributed by atoms with Crippen molar-refractivity contribution in [1.82, 2.24) is 5.32 Å². The van der Waals surface area contributed by atoms with Crippen LogP contribution in [-0.2, 0) is 10.2 Å². The number of benzene rings is 3. The molecule has 0 saturated heterocycles. The van der Waals surface area contributed by atoms with Gasteiger partial charge >= 0.3 is 0 Å². The van der Waals surface area contributed by atoms with Gasteiger partial charge in [-0.2, -0.15) is 0 Å². The zero-order valence-electron chi connectivity index (χ0n) is 17.4. The standard InChI is InChI=1S/C26H27NO3/c1-26(2,21-13-14-23-24(17-21)30-16-15-29-23)25(28)27-18-22(19-9-5-3-6-10-19)20-11-7-4-8-12-20/h3-14,17,22H,15-16,18H2,1-2H3,(H,27,28). The molecule has 0 bridgehead atoms. The van der Waals surface area contributed by atoms with Crippen molar-refractivity contribution in [1.29, 1.82) is 0 Å². The first kappa shape index (κ1) is 20.0. The lowest BCUT2D eigenvalue weighted by Gasteiger charge is -2.28. The number of hydrogen-bond donors (Lipinski definition) is 1. The molecule has 0 spiro atoms. The first-order valence-corrected chi connectivity index (χ1v) is 10.3. The summed E-state index contributed by atoms with van der Waals surface area (Å²) in [6.07, 6.45) is 0. The second-order valence-electron chi connectivity index (χ2n) is 8.07. The molecular weight excluding hydrogens is 374 g/mol. The Bertz CT molecular complexity index is 960. The summed E-state index contributed by atoms with van der Waals surface area (Å²) in [7, 11) is 0. The van der Waals surface area contributed by atoms with Crippen LogP contribution in [0.5, 0.6) is 11.5 Å². The number of hydrogen-bond acceptors (Lipinski definition) is 3. The van der Waals surface area contributed by atoms with Gasteiger partial charge in [-0.1, -0.05) is 66.7 Å². The minimum absolute atomic E-state index is 0.0176. The van der Waals surface area contributed by atoms with Crippen molar-refractivity contribution >= 4 is 5.91 Å². The predicted octanol–water partition coefficient (Wildman–Crippen LogP) is 4.68. The minimum atomic E-state index is -0.701. The highest BCUT2D eigenvalue weighted by molar-refractivity contribution is 5.87. The number of rotatable bonds is 6. The average molecular weight is 402 g/mol. The first-order valence-electron chi connectivity index (χ1n) is 10.3. The van der Waals surface area contributed by atoms with Crippen LogP contribution >= 0.6 is 0 Å². The first-order chi connectivity index (χ1) is 14.6. The van der Waals surface area contributed by atoms with Crippen LogP contribution in [0.1, 0.15) is 36.5 Å². The summed E-state index contributed by atoms with van der Waals surface area (Å²) >= 11 is 0. The Morgan fingerprint density at radius 2 is 1.43 bits per heavy atom. The highest BCUT2D eigenvalue weighted by Gasteiger charge is 2.31. The molecule has 1 N–H and O–H groups in total. The van der Waals surface area contributed by atoms with Crippen molar-refractivity contribution < 1.29 is 14.3 Å². The lowest BCUT2D eigenvalue weighted by Crippen LogP contribution is -2.42. The molecule has 0 aromatic heterocycles. The molecule has 0 aliphatic carbocycles. The van der Waals surface area contributed by atoms with Crippen LogP contribution in [0, 0.1) is 0 Å². The fourth-order valence-corrected chi connectivity index (χ4v) is 3.78. The molecule has 0 saturated carbocycles. The zero-order chi connectivity index (χ0) is 21.0. The Balaban J connectivity index is 1.53. The SMILES string of the molecule is CC(C)(C(=O)NCC(c1ccccc1)c1ccccc1)c1ccc2c(c1)OCCO2. The van der Waals surface area contributed by atoms with Crippen LogP contribution in [0.3, 0.4) is 0 Å². The third kappa shape index (κ3) is 4.18. The topological polar surface area (TPSA) is 47.6 Å². The summed E-state index contributed by atoms with van der Waals surface area (Å²) in [6, 6.07) is 26.3. The Labute approximate surface area is 177 Å². The summed E-state index contributed by atoms with van der Waals surface area (Å²) in [5.41, 5.74) is 2.57. The average Bonchev–Trinajstić information content (AvgIpc) is 2.80. The van der Waals surface area contributed by atoms with Gasteiger partial charge in [-0.3, -0.25) is 4.79 Å². The van der Waals surface area contributed by atoms with E-state index in [0.717, 1.165) is 11.3 Å². The highest BCUT2D eigenvalue weighted by atomic mass is 16.6. The van der Waals surface area contributed by atoms with Gasteiger partial charge in [0.1, 0.15) is 13.2 Å². The van der Waals surface area contributed by atoms with Gasteiger partial charge in [0.2, 0.25) is 5.91 Å². The van der Waals surface area contributed by atoms with Crippen LogP contribution in [0.4, 0.5) is 0 Å². The van der Waals surface area contributed by atoms with Crippen molar-refractivity contribution in [3.63, 3.8) is 0 Å². The van der Waals surface area contributed by atoms with Crippen LogP contribution in [0.2, 0.25) is 0 Å². The van der Waals surface area contributed by atoms with Crippen molar-refractivity contribution in [2.75, 3.05) is 19.8 Å². The summed E-state index contributed by atoms with van der Waals surface area (Å²) in [5.74, 6) is 1.50. The molecule has 3 aromatic rings. The fourth-order valence-electron chi connectivity index (χ4n) is 3.78. The Kier molecular flexibility index (Phi) is 5.75. The predicted molar refractivity (Wildman–Crippen MR) is 118 cm³/mol. The van der Waals surface area contributed by atoms with E-state index in [1.54, 1.807) is 0 Å². The zero-order valence-corrected chi connectivity index (χ0v) is 17.4. The highest BCUT2D eigenvalue weighted by Crippen LogP contribution is 2.35. The molecule has 0 radical (unpaired) electrons. The molecule has 0 atom stereocenters. The van der Waals surface area contributed by atoms with Gasteiger partial charge in [-0.25, -0.2) is 0 Å².